The molecule has 0 unspecified atom stereocenters. The summed E-state index contributed by atoms with van der Waals surface area (Å²) in [5.74, 6) is 0. The van der Waals surface area contributed by atoms with E-state index in [2.05, 4.69) is 119 Å². The van der Waals surface area contributed by atoms with Crippen molar-refractivity contribution in [3.05, 3.63) is 89.5 Å². The molecule has 37 heavy (non-hydrogen) atoms. The maximum absolute atomic E-state index is 6.54. The van der Waals surface area contributed by atoms with Crippen LogP contribution < -0.4 is 5.46 Å². The van der Waals surface area contributed by atoms with Crippen molar-refractivity contribution in [2.45, 2.75) is 71.0 Å². The topological polar surface area (TPSA) is 23.4 Å². The van der Waals surface area contributed by atoms with Gasteiger partial charge in [-0.2, -0.15) is 0 Å². The van der Waals surface area contributed by atoms with Crippen molar-refractivity contribution in [1.29, 1.82) is 0 Å². The van der Waals surface area contributed by atoms with Gasteiger partial charge in [0.2, 0.25) is 0 Å². The second-order valence-electron chi connectivity index (χ2n) is 12.4. The van der Waals surface area contributed by atoms with Crippen molar-refractivity contribution in [2.75, 3.05) is 0 Å². The zero-order valence-electron chi connectivity index (χ0n) is 22.7. The molecule has 3 heterocycles. The van der Waals surface area contributed by atoms with E-state index in [0.717, 1.165) is 18.3 Å². The van der Waals surface area contributed by atoms with E-state index in [-0.39, 0.29) is 16.6 Å². The Balaban J connectivity index is 1.55. The second kappa shape index (κ2) is 7.49. The van der Waals surface area contributed by atoms with Gasteiger partial charge in [-0.05, 0) is 86.5 Å². The van der Waals surface area contributed by atoms with Gasteiger partial charge in [-0.25, -0.2) is 0 Å². The molecule has 3 aliphatic rings. The van der Waals surface area contributed by atoms with Gasteiger partial charge in [0, 0.05) is 16.2 Å². The van der Waals surface area contributed by atoms with Gasteiger partial charge in [-0.3, -0.25) is 0 Å². The average Bonchev–Trinajstić information content (AvgIpc) is 3.32. The molecule has 4 heteroatoms. The summed E-state index contributed by atoms with van der Waals surface area (Å²) in [4.78, 5) is 0. The molecule has 4 aromatic rings. The Morgan fingerprint density at radius 2 is 1.54 bits per heavy atom. The molecule has 0 amide bonds. The second-order valence-corrected chi connectivity index (χ2v) is 12.4. The predicted octanol–water partition coefficient (Wildman–Crippen LogP) is 7.46. The summed E-state index contributed by atoms with van der Waals surface area (Å²) in [5, 5.41) is 2.54. The van der Waals surface area contributed by atoms with Gasteiger partial charge in [-0.15, -0.1) is 0 Å². The molecule has 3 aromatic carbocycles. The first-order valence-corrected chi connectivity index (χ1v) is 13.5. The Hall–Kier alpha value is -3.08. The molecule has 0 spiro atoms. The quantitative estimate of drug-likeness (QED) is 0.274. The molecule has 3 nitrogen and oxygen atoms in total. The van der Waals surface area contributed by atoms with Crippen LogP contribution in [0.15, 0.2) is 72.8 Å². The number of aromatic nitrogens is 1. The monoisotopic (exact) mass is 487 g/mol. The van der Waals surface area contributed by atoms with Gasteiger partial charge in [0.1, 0.15) is 0 Å². The van der Waals surface area contributed by atoms with E-state index < -0.39 is 7.12 Å². The van der Waals surface area contributed by atoms with E-state index in [9.17, 15) is 0 Å². The first kappa shape index (κ1) is 23.1. The molecule has 0 radical (unpaired) electrons. The molecule has 0 N–H and O–H groups in total. The molecule has 7 rings (SSSR count). The highest BCUT2D eigenvalue weighted by Crippen LogP contribution is 2.48. The molecule has 0 bridgehead atoms. The summed E-state index contributed by atoms with van der Waals surface area (Å²) in [6.07, 6.45) is 9.13. The lowest BCUT2D eigenvalue weighted by atomic mass is 9.70. The van der Waals surface area contributed by atoms with Crippen LogP contribution in [-0.4, -0.2) is 22.9 Å². The third kappa shape index (κ3) is 3.15. The maximum atomic E-state index is 6.54. The zero-order chi connectivity index (χ0) is 25.7. The van der Waals surface area contributed by atoms with Crippen LogP contribution in [0.4, 0.5) is 0 Å². The van der Waals surface area contributed by atoms with Gasteiger partial charge in [0.05, 0.1) is 27.9 Å². The average molecular weight is 487 g/mol. The fraction of sp³-hybridized carbons (Fsp3) is 0.333. The normalized spacial score (nSPS) is 20.9. The molecule has 0 atom stereocenters. The lowest BCUT2D eigenvalue weighted by Gasteiger charge is -2.35. The molecule has 1 aliphatic carbocycles. The number of fused-ring (bicyclic) bond motifs is 5. The van der Waals surface area contributed by atoms with Gasteiger partial charge in [0.15, 0.2) is 0 Å². The maximum Gasteiger partial charge on any atom is 0.494 e. The van der Waals surface area contributed by atoms with Crippen LogP contribution in [0.3, 0.4) is 0 Å². The molecule has 1 saturated heterocycles. The summed E-state index contributed by atoms with van der Waals surface area (Å²) in [6.45, 7) is 13.2. The minimum Gasteiger partial charge on any atom is -0.399 e. The summed E-state index contributed by atoms with van der Waals surface area (Å²) >= 11 is 0. The molecule has 1 fully saturated rings. The number of rotatable bonds is 2. The standard InChI is InChI=1S/C33H34BNO2/c1-31(2)26-14-10-11-15-29(26)35-28-17-16-22(21-12-8-7-9-13-21)18-24(28)25-19-23(20-27(31)30(25)35)34-36-32(3,4)33(5,6)37-34/h8,10-20H,7,9H2,1-6H3. The van der Waals surface area contributed by atoms with E-state index in [1.807, 2.05) is 0 Å². The van der Waals surface area contributed by atoms with Crippen LogP contribution in [-0.2, 0) is 14.7 Å². The number of hydrogen-bond donors (Lipinski definition) is 0. The highest BCUT2D eigenvalue weighted by atomic mass is 16.7. The zero-order valence-corrected chi connectivity index (χ0v) is 22.7. The van der Waals surface area contributed by atoms with Crippen LogP contribution in [0.1, 0.15) is 71.1 Å². The van der Waals surface area contributed by atoms with Crippen LogP contribution in [0.25, 0.3) is 33.1 Å². The first-order chi connectivity index (χ1) is 17.6. The highest BCUT2D eigenvalue weighted by Gasteiger charge is 2.52. The lowest BCUT2D eigenvalue weighted by Crippen LogP contribution is -2.41. The lowest BCUT2D eigenvalue weighted by molar-refractivity contribution is 0.00578. The van der Waals surface area contributed by atoms with Crippen molar-refractivity contribution >= 4 is 40.0 Å². The molecule has 1 aromatic heterocycles. The van der Waals surface area contributed by atoms with Crippen LogP contribution in [0.5, 0.6) is 0 Å². The largest absolute Gasteiger partial charge is 0.494 e. The Morgan fingerprint density at radius 1 is 0.784 bits per heavy atom. The fourth-order valence-electron chi connectivity index (χ4n) is 6.36. The van der Waals surface area contributed by atoms with E-state index in [1.54, 1.807) is 0 Å². The SMILES string of the molecule is CC1(C)c2ccccc2-n2c3ccc(C4=CCCC=C4)cc3c3cc(B4OC(C)(C)C(C)(C)O4)cc1c32. The van der Waals surface area contributed by atoms with Crippen molar-refractivity contribution in [1.82, 2.24) is 4.57 Å². The minimum atomic E-state index is -0.399. The Bertz CT molecular complexity index is 1650. The van der Waals surface area contributed by atoms with E-state index in [0.29, 0.717) is 0 Å². The smallest absolute Gasteiger partial charge is 0.399 e. The van der Waals surface area contributed by atoms with E-state index in [4.69, 9.17) is 9.31 Å². The van der Waals surface area contributed by atoms with Gasteiger partial charge in [0.25, 0.3) is 0 Å². The van der Waals surface area contributed by atoms with Crippen molar-refractivity contribution in [3.63, 3.8) is 0 Å². The number of allylic oxidation sites excluding steroid dienone is 4. The van der Waals surface area contributed by atoms with Gasteiger partial charge < -0.3 is 13.9 Å². The third-order valence-electron chi connectivity index (χ3n) is 9.23. The Labute approximate surface area is 219 Å². The van der Waals surface area contributed by atoms with Crippen molar-refractivity contribution in [2.24, 2.45) is 0 Å². The third-order valence-corrected chi connectivity index (χ3v) is 9.23. The number of benzene rings is 3. The molecule has 0 saturated carbocycles. The minimum absolute atomic E-state index is 0.156. The summed E-state index contributed by atoms with van der Waals surface area (Å²) < 4.78 is 15.6. The summed E-state index contributed by atoms with van der Waals surface area (Å²) in [5.41, 5.74) is 9.23. The highest BCUT2D eigenvalue weighted by molar-refractivity contribution is 6.62. The van der Waals surface area contributed by atoms with Crippen molar-refractivity contribution < 1.29 is 9.31 Å². The molecular weight excluding hydrogens is 453 g/mol. The van der Waals surface area contributed by atoms with E-state index >= 15 is 0 Å². The predicted molar refractivity (Wildman–Crippen MR) is 155 cm³/mol. The molecule has 2 aliphatic heterocycles. The fourth-order valence-corrected chi connectivity index (χ4v) is 6.36. The number of nitrogens with zero attached hydrogens (tertiary/aromatic N) is 1. The molecular formula is C33H34BNO2. The summed E-state index contributed by atoms with van der Waals surface area (Å²) in [7, 11) is -0.399. The van der Waals surface area contributed by atoms with Crippen LogP contribution >= 0.6 is 0 Å². The van der Waals surface area contributed by atoms with Gasteiger partial charge in [-0.1, -0.05) is 68.5 Å². The first-order valence-electron chi connectivity index (χ1n) is 13.5. The Morgan fingerprint density at radius 3 is 2.27 bits per heavy atom. The number of para-hydroxylation sites is 1. The van der Waals surface area contributed by atoms with E-state index in [1.165, 1.54) is 49.8 Å². The van der Waals surface area contributed by atoms with Crippen LogP contribution in [0, 0.1) is 0 Å². The van der Waals surface area contributed by atoms with Crippen molar-refractivity contribution in [3.8, 4) is 5.69 Å². The number of hydrogen-bond acceptors (Lipinski definition) is 2. The Kier molecular flexibility index (Phi) is 4.67. The van der Waals surface area contributed by atoms with Gasteiger partial charge >= 0.3 is 7.12 Å². The molecule has 186 valence electrons. The summed E-state index contributed by atoms with van der Waals surface area (Å²) in [6, 6.07) is 20.5. The van der Waals surface area contributed by atoms with Crippen LogP contribution in [0.2, 0.25) is 0 Å².